The van der Waals surface area contributed by atoms with E-state index in [1.54, 1.807) is 19.2 Å². The predicted octanol–water partition coefficient (Wildman–Crippen LogP) is 5.43. The molecule has 7 heteroatoms. The molecule has 1 aliphatic heterocycles. The fraction of sp³-hybridized carbons (Fsp3) is 0.393. The van der Waals surface area contributed by atoms with Crippen molar-refractivity contribution in [3.05, 3.63) is 62.7 Å². The molecule has 180 valence electrons. The highest BCUT2D eigenvalue weighted by molar-refractivity contribution is 14.1. The summed E-state index contributed by atoms with van der Waals surface area (Å²) in [5.41, 5.74) is 2.65. The Morgan fingerprint density at radius 1 is 0.971 bits per heavy atom. The first kappa shape index (κ1) is 22.8. The molecule has 4 aliphatic carbocycles. The number of halogens is 1. The van der Waals surface area contributed by atoms with Crippen LogP contribution in [0, 0.1) is 21.3 Å². The first-order chi connectivity index (χ1) is 16.8. The van der Waals surface area contributed by atoms with Gasteiger partial charge in [0.2, 0.25) is 0 Å². The Morgan fingerprint density at radius 2 is 1.60 bits per heavy atom. The van der Waals surface area contributed by atoms with Crippen molar-refractivity contribution in [1.82, 2.24) is 5.32 Å². The number of hydrogen-bond acceptors (Lipinski definition) is 4. The molecule has 4 amide bonds. The maximum Gasteiger partial charge on any atom is 0.335 e. The molecule has 0 unspecified atom stereocenters. The molecule has 2 aromatic rings. The second-order valence-electron chi connectivity index (χ2n) is 10.6. The van der Waals surface area contributed by atoms with Gasteiger partial charge in [0, 0.05) is 0 Å². The van der Waals surface area contributed by atoms with Gasteiger partial charge in [-0.05, 0) is 126 Å². The number of amides is 4. The number of barbiturate groups is 1. The van der Waals surface area contributed by atoms with E-state index in [1.807, 2.05) is 18.2 Å². The van der Waals surface area contributed by atoms with Gasteiger partial charge in [0.25, 0.3) is 11.8 Å². The number of hydrogen-bond donors (Lipinski definition) is 1. The van der Waals surface area contributed by atoms with Gasteiger partial charge in [-0.25, -0.2) is 9.69 Å². The zero-order valence-corrected chi connectivity index (χ0v) is 21.7. The van der Waals surface area contributed by atoms with Crippen LogP contribution in [0.5, 0.6) is 5.75 Å². The van der Waals surface area contributed by atoms with E-state index in [0.29, 0.717) is 17.0 Å². The first-order valence-corrected chi connectivity index (χ1v) is 13.3. The monoisotopic (exact) mass is 582 g/mol. The number of anilines is 1. The minimum absolute atomic E-state index is 0.0734. The molecular weight excluding hydrogens is 555 g/mol. The molecule has 1 saturated heterocycles. The molecule has 2 aromatic carbocycles. The third kappa shape index (κ3) is 3.88. The van der Waals surface area contributed by atoms with Crippen LogP contribution in [0.1, 0.15) is 49.7 Å². The molecule has 0 spiro atoms. The minimum Gasteiger partial charge on any atom is -0.496 e. The molecule has 4 bridgehead atoms. The number of urea groups is 1. The van der Waals surface area contributed by atoms with Crippen molar-refractivity contribution >= 4 is 52.2 Å². The van der Waals surface area contributed by atoms with Crippen molar-refractivity contribution in [3.63, 3.8) is 0 Å². The molecule has 4 saturated carbocycles. The van der Waals surface area contributed by atoms with Crippen LogP contribution in [-0.2, 0) is 15.0 Å². The number of ether oxygens (including phenoxy) is 1. The minimum atomic E-state index is -0.719. The zero-order chi connectivity index (χ0) is 24.3. The summed E-state index contributed by atoms with van der Waals surface area (Å²) in [6.45, 7) is 0. The number of imide groups is 2. The quantitative estimate of drug-likeness (QED) is 0.296. The van der Waals surface area contributed by atoms with E-state index in [1.165, 1.54) is 50.2 Å². The standard InChI is InChI=1S/C28H27IN2O4/c1-35-24-7-2-16(12-23(24)29)11-22-25(32)30-27(34)31(26(22)33)21-5-3-20(4-6-21)28-13-17-8-18(14-28)10-19(9-17)15-28/h2-7,11-12,17-19H,8-10,13-15H2,1H3,(H,30,32,34)/b22-11+. The Hall–Kier alpha value is -2.68. The van der Waals surface area contributed by atoms with Gasteiger partial charge >= 0.3 is 6.03 Å². The van der Waals surface area contributed by atoms with Gasteiger partial charge in [0.1, 0.15) is 11.3 Å². The Bertz CT molecular complexity index is 1230. The predicted molar refractivity (Wildman–Crippen MR) is 141 cm³/mol. The van der Waals surface area contributed by atoms with Crippen LogP contribution >= 0.6 is 22.6 Å². The molecule has 1 N–H and O–H groups in total. The van der Waals surface area contributed by atoms with Crippen molar-refractivity contribution in [2.45, 2.75) is 43.9 Å². The summed E-state index contributed by atoms with van der Waals surface area (Å²) in [5.74, 6) is 1.93. The van der Waals surface area contributed by atoms with Crippen molar-refractivity contribution < 1.29 is 19.1 Å². The van der Waals surface area contributed by atoms with Crippen LogP contribution in [-0.4, -0.2) is 25.0 Å². The largest absolute Gasteiger partial charge is 0.496 e. The Kier molecular flexibility index (Phi) is 5.51. The summed E-state index contributed by atoms with van der Waals surface area (Å²) in [5, 5.41) is 2.32. The Labute approximate surface area is 218 Å². The average molecular weight is 582 g/mol. The van der Waals surface area contributed by atoms with Crippen LogP contribution in [0.3, 0.4) is 0 Å². The number of methoxy groups -OCH3 is 1. The Morgan fingerprint density at radius 3 is 2.17 bits per heavy atom. The number of carbonyl (C=O) groups excluding carboxylic acids is 3. The fourth-order valence-corrected chi connectivity index (χ4v) is 8.02. The normalized spacial score (nSPS) is 30.7. The van der Waals surface area contributed by atoms with E-state index >= 15 is 0 Å². The van der Waals surface area contributed by atoms with E-state index in [0.717, 1.165) is 26.2 Å². The summed E-state index contributed by atoms with van der Waals surface area (Å²) in [6.07, 6.45) is 9.43. The van der Waals surface area contributed by atoms with Gasteiger partial charge in [0.15, 0.2) is 0 Å². The van der Waals surface area contributed by atoms with Gasteiger partial charge in [-0.3, -0.25) is 14.9 Å². The lowest BCUT2D eigenvalue weighted by Crippen LogP contribution is -2.54. The highest BCUT2D eigenvalue weighted by Crippen LogP contribution is 2.60. The number of nitrogens with one attached hydrogen (secondary N) is 1. The second-order valence-corrected chi connectivity index (χ2v) is 11.8. The fourth-order valence-electron chi connectivity index (χ4n) is 7.26. The highest BCUT2D eigenvalue weighted by Gasteiger charge is 2.51. The summed E-state index contributed by atoms with van der Waals surface area (Å²) < 4.78 is 6.14. The molecule has 1 heterocycles. The van der Waals surface area contributed by atoms with E-state index in [-0.39, 0.29) is 11.0 Å². The lowest BCUT2D eigenvalue weighted by atomic mass is 9.48. The van der Waals surface area contributed by atoms with Gasteiger partial charge < -0.3 is 4.74 Å². The molecule has 0 atom stereocenters. The van der Waals surface area contributed by atoms with Crippen molar-refractivity contribution in [1.29, 1.82) is 0 Å². The van der Waals surface area contributed by atoms with Crippen LogP contribution in [0.2, 0.25) is 0 Å². The SMILES string of the molecule is COc1ccc(/C=C2\C(=O)NC(=O)N(c3ccc(C45CC6CC(CC(C6)C4)C5)cc3)C2=O)cc1I. The molecule has 6 nitrogen and oxygen atoms in total. The van der Waals surface area contributed by atoms with Crippen LogP contribution < -0.4 is 15.0 Å². The summed E-state index contributed by atoms with van der Waals surface area (Å²) in [6, 6.07) is 12.6. The summed E-state index contributed by atoms with van der Waals surface area (Å²) in [4.78, 5) is 39.6. The topological polar surface area (TPSA) is 75.7 Å². The zero-order valence-electron chi connectivity index (χ0n) is 19.6. The first-order valence-electron chi connectivity index (χ1n) is 12.2. The Balaban J connectivity index is 1.28. The van der Waals surface area contributed by atoms with Gasteiger partial charge in [-0.1, -0.05) is 18.2 Å². The molecule has 0 aromatic heterocycles. The number of rotatable bonds is 4. The number of nitrogens with zero attached hydrogens (tertiary/aromatic N) is 1. The van der Waals surface area contributed by atoms with Crippen molar-refractivity contribution in [2.75, 3.05) is 12.0 Å². The van der Waals surface area contributed by atoms with E-state index in [2.05, 4.69) is 40.0 Å². The molecule has 35 heavy (non-hydrogen) atoms. The van der Waals surface area contributed by atoms with E-state index < -0.39 is 17.8 Å². The summed E-state index contributed by atoms with van der Waals surface area (Å²) in [7, 11) is 1.59. The molecule has 0 radical (unpaired) electrons. The molecular formula is C28H27IN2O4. The van der Waals surface area contributed by atoms with Crippen molar-refractivity contribution in [2.24, 2.45) is 17.8 Å². The molecule has 7 rings (SSSR count). The van der Waals surface area contributed by atoms with Crippen molar-refractivity contribution in [3.8, 4) is 5.75 Å². The van der Waals surface area contributed by atoms with Crippen LogP contribution in [0.4, 0.5) is 10.5 Å². The highest BCUT2D eigenvalue weighted by atomic mass is 127. The smallest absolute Gasteiger partial charge is 0.335 e. The molecule has 5 aliphatic rings. The van der Waals surface area contributed by atoms with E-state index in [4.69, 9.17) is 4.74 Å². The maximum atomic E-state index is 13.3. The third-order valence-electron chi connectivity index (χ3n) is 8.36. The van der Waals surface area contributed by atoms with Gasteiger partial charge in [-0.15, -0.1) is 0 Å². The molecule has 5 fully saturated rings. The number of benzene rings is 2. The van der Waals surface area contributed by atoms with E-state index in [9.17, 15) is 14.4 Å². The maximum absolute atomic E-state index is 13.3. The van der Waals surface area contributed by atoms with Crippen LogP contribution in [0.25, 0.3) is 6.08 Å². The second kappa shape index (κ2) is 8.47. The van der Waals surface area contributed by atoms with Crippen LogP contribution in [0.15, 0.2) is 48.0 Å². The third-order valence-corrected chi connectivity index (χ3v) is 9.21. The van der Waals surface area contributed by atoms with Gasteiger partial charge in [-0.2, -0.15) is 0 Å². The lowest BCUT2D eigenvalue weighted by molar-refractivity contribution is -0.122. The average Bonchev–Trinajstić information content (AvgIpc) is 2.81. The number of carbonyl (C=O) groups is 3. The summed E-state index contributed by atoms with van der Waals surface area (Å²) >= 11 is 2.14. The van der Waals surface area contributed by atoms with Gasteiger partial charge in [0.05, 0.1) is 16.4 Å². The lowest BCUT2D eigenvalue weighted by Gasteiger charge is -2.57.